The number of nitrogens with two attached hydrogens (primary N) is 1. The molecule has 1 aliphatic carbocycles. The van der Waals surface area contributed by atoms with Gasteiger partial charge in [0.1, 0.15) is 28.3 Å². The number of aliphatic imine (C=N–C) groups is 1. The SMILES string of the molecule is CC/C=C\C=C/N=C(N)C=Cc1oc2ccccc2c1-c1c(C)n(C)c2c1=CC(c1cccc3c1oc1ccccc13)CC=2. The number of hydrogen-bond donors (Lipinski definition) is 1. The minimum absolute atomic E-state index is 0.167. The maximum Gasteiger partial charge on any atom is 0.139 e. The molecular formula is C39H35N3O2. The number of aromatic nitrogens is 1. The van der Waals surface area contributed by atoms with Gasteiger partial charge in [-0.1, -0.05) is 85.8 Å². The summed E-state index contributed by atoms with van der Waals surface area (Å²) >= 11 is 0. The highest BCUT2D eigenvalue weighted by Gasteiger charge is 2.24. The Labute approximate surface area is 256 Å². The largest absolute Gasteiger partial charge is 0.456 e. The van der Waals surface area contributed by atoms with Crippen LogP contribution in [0.4, 0.5) is 0 Å². The van der Waals surface area contributed by atoms with Crippen LogP contribution in [0.3, 0.4) is 0 Å². The zero-order valence-electron chi connectivity index (χ0n) is 25.2. The molecule has 3 aromatic carbocycles. The van der Waals surface area contributed by atoms with Gasteiger partial charge in [-0.2, -0.15) is 0 Å². The summed E-state index contributed by atoms with van der Waals surface area (Å²) in [6, 6.07) is 23.0. The molecule has 0 amide bonds. The van der Waals surface area contributed by atoms with Crippen LogP contribution in [0.5, 0.6) is 0 Å². The third-order valence-electron chi connectivity index (χ3n) is 8.61. The number of rotatable bonds is 7. The van der Waals surface area contributed by atoms with E-state index in [9.17, 15) is 0 Å². The Balaban J connectivity index is 1.38. The number of benzene rings is 3. The number of furan rings is 2. The maximum atomic E-state index is 6.44. The molecule has 0 bridgehead atoms. The van der Waals surface area contributed by atoms with Crippen LogP contribution in [0.1, 0.15) is 42.7 Å². The van der Waals surface area contributed by atoms with Crippen molar-refractivity contribution in [2.24, 2.45) is 17.8 Å². The molecular weight excluding hydrogens is 542 g/mol. The summed E-state index contributed by atoms with van der Waals surface area (Å²) in [5, 5.41) is 5.81. The Bertz CT molecular complexity index is 2280. The first-order chi connectivity index (χ1) is 21.5. The summed E-state index contributed by atoms with van der Waals surface area (Å²) in [5.41, 5.74) is 13.6. The van der Waals surface area contributed by atoms with Crippen molar-refractivity contribution in [1.82, 2.24) is 4.57 Å². The van der Waals surface area contributed by atoms with Gasteiger partial charge in [-0.3, -0.25) is 0 Å². The van der Waals surface area contributed by atoms with E-state index in [1.807, 2.05) is 42.5 Å². The van der Waals surface area contributed by atoms with Gasteiger partial charge in [-0.05, 0) is 50.1 Å². The minimum Gasteiger partial charge on any atom is -0.456 e. The van der Waals surface area contributed by atoms with Crippen LogP contribution in [0.15, 0.2) is 111 Å². The van der Waals surface area contributed by atoms with Gasteiger partial charge in [-0.25, -0.2) is 4.99 Å². The Kier molecular flexibility index (Phi) is 7.15. The van der Waals surface area contributed by atoms with Crippen molar-refractivity contribution in [3.63, 3.8) is 0 Å². The average Bonchev–Trinajstić information content (AvgIpc) is 3.68. The molecule has 3 heterocycles. The molecule has 0 aliphatic heterocycles. The molecule has 1 atom stereocenters. The van der Waals surface area contributed by atoms with Crippen LogP contribution in [0, 0.1) is 6.92 Å². The van der Waals surface area contributed by atoms with E-state index < -0.39 is 0 Å². The molecule has 0 spiro atoms. The predicted octanol–water partition coefficient (Wildman–Crippen LogP) is 8.24. The maximum absolute atomic E-state index is 6.44. The second kappa shape index (κ2) is 11.4. The lowest BCUT2D eigenvalue weighted by atomic mass is 9.89. The van der Waals surface area contributed by atoms with Crippen LogP contribution in [0.25, 0.3) is 62.3 Å². The van der Waals surface area contributed by atoms with Crippen molar-refractivity contribution < 1.29 is 8.83 Å². The van der Waals surface area contributed by atoms with E-state index in [2.05, 4.69) is 91.1 Å². The number of para-hydroxylation sites is 3. The standard InChI is InChI=1S/C39H35N3O2/c1-4-5-6-11-23-41-36(40)22-21-35-38(30-14-8-10-18-34(30)43-35)37-25(2)42(3)32-20-19-26(24-31(32)37)27-15-12-16-29-28-13-7-9-17-33(28)44-39(27)29/h5-18,20-24,26H,4,19H2,1-3H3,(H2,40,41)/b6-5-,22-21?,23-11-. The zero-order valence-corrected chi connectivity index (χ0v) is 25.2. The second-order valence-electron chi connectivity index (χ2n) is 11.3. The van der Waals surface area contributed by atoms with Gasteiger partial charge in [0.25, 0.3) is 0 Å². The van der Waals surface area contributed by atoms with E-state index in [0.717, 1.165) is 57.1 Å². The highest BCUT2D eigenvalue weighted by molar-refractivity contribution is 6.06. The van der Waals surface area contributed by atoms with Gasteiger partial charge < -0.3 is 19.1 Å². The van der Waals surface area contributed by atoms with Gasteiger partial charge in [0.2, 0.25) is 0 Å². The highest BCUT2D eigenvalue weighted by Crippen LogP contribution is 2.38. The van der Waals surface area contributed by atoms with Crippen LogP contribution >= 0.6 is 0 Å². The molecule has 7 rings (SSSR count). The topological polar surface area (TPSA) is 69.6 Å². The molecule has 2 N–H and O–H groups in total. The molecule has 1 unspecified atom stereocenters. The molecule has 6 aromatic rings. The van der Waals surface area contributed by atoms with Crippen molar-refractivity contribution in [2.45, 2.75) is 32.6 Å². The summed E-state index contributed by atoms with van der Waals surface area (Å²) in [4.78, 5) is 4.35. The van der Waals surface area contributed by atoms with Gasteiger partial charge >= 0.3 is 0 Å². The van der Waals surface area contributed by atoms with Crippen LogP contribution < -0.4 is 16.3 Å². The summed E-state index contributed by atoms with van der Waals surface area (Å²) in [6.45, 7) is 4.28. The molecule has 1 aliphatic rings. The lowest BCUT2D eigenvalue weighted by molar-refractivity contribution is 0.605. The first-order valence-electron chi connectivity index (χ1n) is 15.2. The number of amidine groups is 1. The van der Waals surface area contributed by atoms with E-state index in [1.54, 1.807) is 12.3 Å². The van der Waals surface area contributed by atoms with Crippen molar-refractivity contribution in [1.29, 1.82) is 0 Å². The van der Waals surface area contributed by atoms with E-state index in [-0.39, 0.29) is 5.92 Å². The Morgan fingerprint density at radius 3 is 2.50 bits per heavy atom. The van der Waals surface area contributed by atoms with Crippen LogP contribution in [-0.4, -0.2) is 10.4 Å². The molecule has 5 heteroatoms. The molecule has 0 fully saturated rings. The fourth-order valence-electron chi connectivity index (χ4n) is 6.41. The predicted molar refractivity (Wildman–Crippen MR) is 184 cm³/mol. The smallest absolute Gasteiger partial charge is 0.139 e. The third kappa shape index (κ3) is 4.71. The molecule has 0 radical (unpaired) electrons. The van der Waals surface area contributed by atoms with Crippen LogP contribution in [0.2, 0.25) is 0 Å². The molecule has 44 heavy (non-hydrogen) atoms. The van der Waals surface area contributed by atoms with Crippen molar-refractivity contribution >= 4 is 57.0 Å². The number of nitrogens with zero attached hydrogens (tertiary/aromatic N) is 2. The zero-order chi connectivity index (χ0) is 30.2. The van der Waals surface area contributed by atoms with Crippen molar-refractivity contribution in [3.8, 4) is 11.1 Å². The molecule has 3 aromatic heterocycles. The van der Waals surface area contributed by atoms with E-state index in [4.69, 9.17) is 14.6 Å². The van der Waals surface area contributed by atoms with E-state index in [1.165, 1.54) is 27.4 Å². The van der Waals surface area contributed by atoms with Gasteiger partial charge in [0.15, 0.2) is 0 Å². The fourth-order valence-corrected chi connectivity index (χ4v) is 6.41. The molecule has 5 nitrogen and oxygen atoms in total. The number of hydrogen-bond acceptors (Lipinski definition) is 3. The van der Waals surface area contributed by atoms with Crippen molar-refractivity contribution in [2.75, 3.05) is 0 Å². The van der Waals surface area contributed by atoms with E-state index in [0.29, 0.717) is 5.84 Å². The molecule has 0 saturated carbocycles. The Morgan fingerprint density at radius 2 is 1.68 bits per heavy atom. The summed E-state index contributed by atoms with van der Waals surface area (Å²) in [6.07, 6.45) is 18.0. The highest BCUT2D eigenvalue weighted by atomic mass is 16.3. The first-order valence-corrected chi connectivity index (χ1v) is 15.2. The lowest BCUT2D eigenvalue weighted by Gasteiger charge is -2.15. The summed E-state index contributed by atoms with van der Waals surface area (Å²) in [7, 11) is 2.14. The minimum atomic E-state index is 0.167. The molecule has 0 saturated heterocycles. The van der Waals surface area contributed by atoms with Crippen molar-refractivity contribution in [3.05, 3.63) is 125 Å². The van der Waals surface area contributed by atoms with Gasteiger partial charge in [0.05, 0.1) is 0 Å². The monoisotopic (exact) mass is 577 g/mol. The fraction of sp³-hybridized carbons (Fsp3) is 0.154. The second-order valence-corrected chi connectivity index (χ2v) is 11.3. The first kappa shape index (κ1) is 27.5. The summed E-state index contributed by atoms with van der Waals surface area (Å²) < 4.78 is 15.2. The van der Waals surface area contributed by atoms with Crippen LogP contribution in [-0.2, 0) is 7.05 Å². The Morgan fingerprint density at radius 1 is 0.932 bits per heavy atom. The molecule has 218 valence electrons. The lowest BCUT2D eigenvalue weighted by Crippen LogP contribution is -2.32. The quantitative estimate of drug-likeness (QED) is 0.118. The number of fused-ring (bicyclic) bond motifs is 5. The van der Waals surface area contributed by atoms with Gasteiger partial charge in [-0.15, -0.1) is 0 Å². The van der Waals surface area contributed by atoms with Gasteiger partial charge in [0, 0.05) is 68.3 Å². The summed E-state index contributed by atoms with van der Waals surface area (Å²) in [5.74, 6) is 1.33. The van der Waals surface area contributed by atoms with E-state index >= 15 is 0 Å². The average molecular weight is 578 g/mol. The number of allylic oxidation sites excluding steroid dienone is 3. The Hall–Kier alpha value is -5.29. The normalized spacial score (nSPS) is 15.7. The third-order valence-corrected chi connectivity index (χ3v) is 8.61.